The minimum Gasteiger partial charge on any atom is -0.482 e. The lowest BCUT2D eigenvalue weighted by Crippen LogP contribution is -2.43. The van der Waals surface area contributed by atoms with E-state index in [1.54, 1.807) is 13.0 Å². The Morgan fingerprint density at radius 3 is 2.51 bits per heavy atom. The van der Waals surface area contributed by atoms with E-state index in [2.05, 4.69) is 21.4 Å². The number of hydrogen-bond acceptors (Lipinski definition) is 8. The molecule has 1 aromatic heterocycles. The van der Waals surface area contributed by atoms with Crippen LogP contribution in [0.5, 0.6) is 5.75 Å². The second-order valence-electron chi connectivity index (χ2n) is 8.38. The lowest BCUT2D eigenvalue weighted by Gasteiger charge is -2.13. The Balaban J connectivity index is 1.38. The van der Waals surface area contributed by atoms with E-state index >= 15 is 0 Å². The Morgan fingerprint density at radius 2 is 1.82 bits per heavy atom. The van der Waals surface area contributed by atoms with Gasteiger partial charge in [0.05, 0.1) is 15.7 Å². The molecule has 0 fully saturated rings. The zero-order valence-corrected chi connectivity index (χ0v) is 21.9. The van der Waals surface area contributed by atoms with Gasteiger partial charge in [-0.1, -0.05) is 23.2 Å². The SMILES string of the molecule is Cc1c(C(=O)NNC(=O)COc2ccc(Cl)cc2Cl)oc2c1/C(=N/NC(=O)c1ccc([N+](=O)[O-])cc1)CCC2. The Hall–Kier alpha value is -4.42. The highest BCUT2D eigenvalue weighted by molar-refractivity contribution is 6.35. The van der Waals surface area contributed by atoms with E-state index in [0.29, 0.717) is 46.9 Å². The van der Waals surface area contributed by atoms with Crippen LogP contribution in [-0.2, 0) is 11.2 Å². The van der Waals surface area contributed by atoms with Crippen LogP contribution >= 0.6 is 23.2 Å². The van der Waals surface area contributed by atoms with Crippen LogP contribution in [0, 0.1) is 17.0 Å². The lowest BCUT2D eigenvalue weighted by molar-refractivity contribution is -0.384. The largest absolute Gasteiger partial charge is 0.482 e. The maximum Gasteiger partial charge on any atom is 0.305 e. The third-order valence-corrected chi connectivity index (χ3v) is 6.26. The number of aryl methyl sites for hydroxylation is 1. The predicted octanol–water partition coefficient (Wildman–Crippen LogP) is 4.11. The van der Waals surface area contributed by atoms with E-state index in [0.717, 1.165) is 0 Å². The first-order valence-electron chi connectivity index (χ1n) is 11.5. The predicted molar refractivity (Wildman–Crippen MR) is 141 cm³/mol. The molecular weight excluding hydrogens is 553 g/mol. The summed E-state index contributed by atoms with van der Waals surface area (Å²) in [6, 6.07) is 9.65. The minimum atomic E-state index is -0.686. The first kappa shape index (κ1) is 27.6. The molecule has 0 radical (unpaired) electrons. The number of furan rings is 1. The molecule has 39 heavy (non-hydrogen) atoms. The van der Waals surface area contributed by atoms with E-state index in [1.165, 1.54) is 36.4 Å². The Bertz CT molecular complexity index is 1480. The normalized spacial score (nSPS) is 13.4. The Labute approximate surface area is 231 Å². The highest BCUT2D eigenvalue weighted by atomic mass is 35.5. The zero-order valence-electron chi connectivity index (χ0n) is 20.4. The average molecular weight is 574 g/mol. The molecule has 0 aliphatic heterocycles. The summed E-state index contributed by atoms with van der Waals surface area (Å²) < 4.78 is 11.1. The van der Waals surface area contributed by atoms with Crippen molar-refractivity contribution in [2.75, 3.05) is 6.61 Å². The number of nitro benzene ring substituents is 1. The van der Waals surface area contributed by atoms with Crippen LogP contribution < -0.4 is 21.0 Å². The number of amides is 3. The summed E-state index contributed by atoms with van der Waals surface area (Å²) in [5.41, 5.74) is 8.65. The van der Waals surface area contributed by atoms with Gasteiger partial charge in [0.1, 0.15) is 11.5 Å². The fraction of sp³-hybridized carbons (Fsp3) is 0.200. The summed E-state index contributed by atoms with van der Waals surface area (Å²) in [4.78, 5) is 47.6. The van der Waals surface area contributed by atoms with Gasteiger partial charge >= 0.3 is 5.91 Å². The number of benzene rings is 2. The number of hydrogen-bond donors (Lipinski definition) is 3. The quantitative estimate of drug-likeness (QED) is 0.282. The molecule has 1 aliphatic rings. The topological polar surface area (TPSA) is 165 Å². The summed E-state index contributed by atoms with van der Waals surface area (Å²) in [7, 11) is 0. The van der Waals surface area contributed by atoms with Gasteiger partial charge < -0.3 is 9.15 Å². The molecule has 0 bridgehead atoms. The van der Waals surface area contributed by atoms with Crippen molar-refractivity contribution in [3.05, 3.63) is 90.8 Å². The highest BCUT2D eigenvalue weighted by Gasteiger charge is 2.28. The van der Waals surface area contributed by atoms with Gasteiger partial charge in [-0.25, -0.2) is 5.43 Å². The molecule has 1 heterocycles. The fourth-order valence-corrected chi connectivity index (χ4v) is 4.33. The number of nitro groups is 1. The van der Waals surface area contributed by atoms with Crippen LogP contribution in [0.25, 0.3) is 0 Å². The second-order valence-corrected chi connectivity index (χ2v) is 9.22. The second kappa shape index (κ2) is 12.0. The molecule has 0 saturated heterocycles. The number of rotatable bonds is 7. The summed E-state index contributed by atoms with van der Waals surface area (Å²) in [6.45, 7) is 1.25. The standard InChI is InChI=1S/C25H21Cl2N5O7/c1-13-22-18(28-30-24(34)14-5-8-16(9-6-14)32(36)37)3-2-4-20(22)39-23(13)25(35)31-29-21(33)12-38-19-10-7-15(26)11-17(19)27/h5-11H,2-4,12H2,1H3,(H,29,33)(H,30,34)(H,31,35)/b28-18+. The molecule has 12 nitrogen and oxygen atoms in total. The number of nitrogens with zero attached hydrogens (tertiary/aromatic N) is 2. The summed E-state index contributed by atoms with van der Waals surface area (Å²) >= 11 is 11.8. The molecular formula is C25H21Cl2N5O7. The molecule has 3 amide bonds. The monoisotopic (exact) mass is 573 g/mol. The number of ether oxygens (including phenoxy) is 1. The first-order valence-corrected chi connectivity index (χ1v) is 12.3. The number of nitrogens with one attached hydrogen (secondary N) is 3. The zero-order chi connectivity index (χ0) is 28.1. The van der Waals surface area contributed by atoms with E-state index < -0.39 is 29.3 Å². The molecule has 0 spiro atoms. The van der Waals surface area contributed by atoms with Crippen molar-refractivity contribution in [3.8, 4) is 5.75 Å². The third kappa shape index (κ3) is 6.54. The molecule has 202 valence electrons. The number of carbonyl (C=O) groups is 3. The van der Waals surface area contributed by atoms with Gasteiger partial charge in [0, 0.05) is 40.3 Å². The molecule has 1 aliphatic carbocycles. The molecule has 3 aromatic rings. The molecule has 3 N–H and O–H groups in total. The lowest BCUT2D eigenvalue weighted by atomic mass is 9.93. The summed E-state index contributed by atoms with van der Waals surface area (Å²) in [6.07, 6.45) is 1.76. The molecule has 0 saturated carbocycles. The number of fused-ring (bicyclic) bond motifs is 1. The van der Waals surface area contributed by atoms with Crippen molar-refractivity contribution in [3.63, 3.8) is 0 Å². The van der Waals surface area contributed by atoms with Crippen molar-refractivity contribution in [1.82, 2.24) is 16.3 Å². The first-order chi connectivity index (χ1) is 18.6. The fourth-order valence-electron chi connectivity index (χ4n) is 3.87. The maximum absolute atomic E-state index is 12.7. The van der Waals surface area contributed by atoms with Crippen molar-refractivity contribution in [2.45, 2.75) is 26.2 Å². The highest BCUT2D eigenvalue weighted by Crippen LogP contribution is 2.30. The van der Waals surface area contributed by atoms with Crippen LogP contribution in [0.15, 0.2) is 52.0 Å². The summed E-state index contributed by atoms with van der Waals surface area (Å²) in [5.74, 6) is -1.11. The molecule has 4 rings (SSSR count). The van der Waals surface area contributed by atoms with E-state index in [9.17, 15) is 24.5 Å². The van der Waals surface area contributed by atoms with E-state index in [4.69, 9.17) is 32.4 Å². The van der Waals surface area contributed by atoms with Gasteiger partial charge in [-0.05, 0) is 50.1 Å². The molecule has 14 heteroatoms. The Morgan fingerprint density at radius 1 is 1.08 bits per heavy atom. The van der Waals surface area contributed by atoms with Gasteiger partial charge in [0.15, 0.2) is 12.4 Å². The van der Waals surface area contributed by atoms with Gasteiger partial charge in [-0.2, -0.15) is 5.10 Å². The molecule has 0 atom stereocenters. The van der Waals surface area contributed by atoms with Gasteiger partial charge in [0.2, 0.25) is 0 Å². The maximum atomic E-state index is 12.7. The van der Waals surface area contributed by atoms with Crippen LogP contribution in [0.4, 0.5) is 5.69 Å². The number of halogens is 2. The van der Waals surface area contributed by atoms with Gasteiger partial charge in [0.25, 0.3) is 17.5 Å². The number of carbonyl (C=O) groups excluding carboxylic acids is 3. The van der Waals surface area contributed by atoms with Crippen molar-refractivity contribution in [2.24, 2.45) is 5.10 Å². The van der Waals surface area contributed by atoms with E-state index in [-0.39, 0.29) is 27.8 Å². The molecule has 2 aromatic carbocycles. The van der Waals surface area contributed by atoms with Crippen LogP contribution in [0.3, 0.4) is 0 Å². The van der Waals surface area contributed by atoms with Crippen molar-refractivity contribution >= 4 is 52.3 Å². The average Bonchev–Trinajstić information content (AvgIpc) is 3.26. The number of hydrazine groups is 1. The van der Waals surface area contributed by atoms with Crippen molar-refractivity contribution < 1.29 is 28.5 Å². The Kier molecular flexibility index (Phi) is 8.47. The number of hydrazone groups is 1. The molecule has 0 unspecified atom stereocenters. The van der Waals surface area contributed by atoms with Crippen molar-refractivity contribution in [1.29, 1.82) is 0 Å². The van der Waals surface area contributed by atoms with Crippen LogP contribution in [0.2, 0.25) is 10.0 Å². The van der Waals surface area contributed by atoms with Crippen LogP contribution in [0.1, 0.15) is 50.6 Å². The van der Waals surface area contributed by atoms with Gasteiger partial charge in [-0.15, -0.1) is 0 Å². The smallest absolute Gasteiger partial charge is 0.305 e. The third-order valence-electron chi connectivity index (χ3n) is 5.73. The van der Waals surface area contributed by atoms with E-state index in [1.807, 2.05) is 0 Å². The van der Waals surface area contributed by atoms with Crippen LogP contribution in [-0.4, -0.2) is 35.0 Å². The number of non-ortho nitro benzene ring substituents is 1. The minimum absolute atomic E-state index is 0.0155. The van der Waals surface area contributed by atoms with Gasteiger partial charge in [-0.3, -0.25) is 35.3 Å². The summed E-state index contributed by atoms with van der Waals surface area (Å²) in [5, 5.41) is 15.7.